The zero-order valence-corrected chi connectivity index (χ0v) is 9.63. The molecule has 1 N–H and O–H groups in total. The van der Waals surface area contributed by atoms with Crippen LogP contribution in [0.1, 0.15) is 18.4 Å². The van der Waals surface area contributed by atoms with Gasteiger partial charge in [-0.1, -0.05) is 0 Å². The molecule has 88 valence electrons. The van der Waals surface area contributed by atoms with Crippen molar-refractivity contribution in [2.45, 2.75) is 26.1 Å². The summed E-state index contributed by atoms with van der Waals surface area (Å²) in [5.41, 5.74) is 0. The lowest BCUT2D eigenvalue weighted by atomic mass is 10.3. The molecule has 17 heavy (non-hydrogen) atoms. The van der Waals surface area contributed by atoms with Crippen LogP contribution in [0.4, 0.5) is 0 Å². The number of nitrogens with zero attached hydrogens (tertiary/aromatic N) is 3. The molecule has 5 heteroatoms. The van der Waals surface area contributed by atoms with Gasteiger partial charge >= 0.3 is 0 Å². The van der Waals surface area contributed by atoms with E-state index in [2.05, 4.69) is 17.3 Å². The topological polar surface area (TPSA) is 66.8 Å². The van der Waals surface area contributed by atoms with Crippen molar-refractivity contribution < 1.29 is 4.42 Å². The zero-order chi connectivity index (χ0) is 12.1. The number of hydrogen-bond donors (Lipinski definition) is 1. The zero-order valence-electron chi connectivity index (χ0n) is 9.63. The summed E-state index contributed by atoms with van der Waals surface area (Å²) in [4.78, 5) is 0. The van der Waals surface area contributed by atoms with Gasteiger partial charge in [0.15, 0.2) is 0 Å². The van der Waals surface area contributed by atoms with Crippen molar-refractivity contribution in [1.82, 2.24) is 15.1 Å². The summed E-state index contributed by atoms with van der Waals surface area (Å²) >= 11 is 0. The van der Waals surface area contributed by atoms with E-state index >= 15 is 0 Å². The number of rotatable bonds is 5. The smallest absolute Gasteiger partial charge is 0.203 e. The Morgan fingerprint density at radius 1 is 1.59 bits per heavy atom. The van der Waals surface area contributed by atoms with Crippen LogP contribution >= 0.6 is 0 Å². The van der Waals surface area contributed by atoms with Crippen molar-refractivity contribution in [3.63, 3.8) is 0 Å². The van der Waals surface area contributed by atoms with Crippen LogP contribution in [0.3, 0.4) is 0 Å². The third kappa shape index (κ3) is 3.20. The average molecular weight is 230 g/mol. The first-order valence-electron chi connectivity index (χ1n) is 5.47. The molecule has 2 aromatic heterocycles. The second-order valence-electron chi connectivity index (χ2n) is 3.89. The minimum Gasteiger partial charge on any atom is -0.449 e. The first-order chi connectivity index (χ1) is 8.28. The Bertz CT molecular complexity index is 495. The van der Waals surface area contributed by atoms with Gasteiger partial charge in [-0.2, -0.15) is 10.4 Å². The quantitative estimate of drug-likeness (QED) is 0.845. The van der Waals surface area contributed by atoms with Gasteiger partial charge < -0.3 is 9.73 Å². The van der Waals surface area contributed by atoms with Gasteiger partial charge in [-0.15, -0.1) is 0 Å². The Morgan fingerprint density at radius 2 is 2.47 bits per heavy atom. The van der Waals surface area contributed by atoms with E-state index in [1.165, 1.54) is 0 Å². The minimum absolute atomic E-state index is 0.283. The predicted octanol–water partition coefficient (Wildman–Crippen LogP) is 1.53. The highest BCUT2D eigenvalue weighted by molar-refractivity contribution is 5.18. The molecule has 0 saturated heterocycles. The fourth-order valence-corrected chi connectivity index (χ4v) is 1.56. The Labute approximate surface area is 99.7 Å². The lowest BCUT2D eigenvalue weighted by molar-refractivity contribution is 0.412. The fraction of sp³-hybridized carbons (Fsp3) is 0.333. The van der Waals surface area contributed by atoms with Gasteiger partial charge in [0.2, 0.25) is 5.76 Å². The summed E-state index contributed by atoms with van der Waals surface area (Å²) in [6.45, 7) is 3.50. The number of nitriles is 1. The fourth-order valence-electron chi connectivity index (χ4n) is 1.56. The number of hydrogen-bond acceptors (Lipinski definition) is 4. The van der Waals surface area contributed by atoms with Gasteiger partial charge in [0.05, 0.1) is 13.1 Å². The summed E-state index contributed by atoms with van der Waals surface area (Å²) < 4.78 is 7.15. The van der Waals surface area contributed by atoms with Crippen molar-refractivity contribution in [1.29, 1.82) is 5.26 Å². The van der Waals surface area contributed by atoms with Gasteiger partial charge in [0.25, 0.3) is 0 Å². The van der Waals surface area contributed by atoms with E-state index in [0.29, 0.717) is 12.3 Å². The third-order valence-electron chi connectivity index (χ3n) is 2.42. The number of furan rings is 1. The summed E-state index contributed by atoms with van der Waals surface area (Å²) in [7, 11) is 0. The van der Waals surface area contributed by atoms with Crippen LogP contribution in [-0.2, 0) is 13.1 Å². The molecule has 1 unspecified atom stereocenters. The van der Waals surface area contributed by atoms with E-state index < -0.39 is 0 Å². The molecule has 1 atom stereocenters. The first kappa shape index (κ1) is 11.4. The Kier molecular flexibility index (Phi) is 3.58. The predicted molar refractivity (Wildman–Crippen MR) is 62.0 cm³/mol. The number of aromatic nitrogens is 2. The largest absolute Gasteiger partial charge is 0.449 e. The van der Waals surface area contributed by atoms with E-state index in [9.17, 15) is 0 Å². The van der Waals surface area contributed by atoms with Crippen LogP contribution in [0.5, 0.6) is 0 Å². The van der Waals surface area contributed by atoms with Crippen LogP contribution in [0, 0.1) is 11.3 Å². The second-order valence-corrected chi connectivity index (χ2v) is 3.89. The third-order valence-corrected chi connectivity index (χ3v) is 2.42. The van der Waals surface area contributed by atoms with Crippen molar-refractivity contribution in [3.8, 4) is 6.07 Å². The molecule has 0 spiro atoms. The van der Waals surface area contributed by atoms with Crippen LogP contribution < -0.4 is 5.32 Å². The highest BCUT2D eigenvalue weighted by Crippen LogP contribution is 2.06. The van der Waals surface area contributed by atoms with Gasteiger partial charge in [-0.25, -0.2) is 0 Å². The van der Waals surface area contributed by atoms with Gasteiger partial charge in [0.1, 0.15) is 11.8 Å². The standard InChI is InChI=1S/C12H14N4O/c1-10(9-16-6-2-5-15-16)14-8-12-4-3-11(7-13)17-12/h2-6,10,14H,8-9H2,1H3. The molecule has 2 heterocycles. The Hall–Kier alpha value is -2.06. The molecule has 0 fully saturated rings. The van der Waals surface area contributed by atoms with Gasteiger partial charge in [0, 0.05) is 18.4 Å². The van der Waals surface area contributed by atoms with E-state index in [1.54, 1.807) is 12.3 Å². The van der Waals surface area contributed by atoms with Gasteiger partial charge in [-0.3, -0.25) is 4.68 Å². The molecule has 2 aromatic rings. The molecule has 0 saturated carbocycles. The Balaban J connectivity index is 1.80. The van der Waals surface area contributed by atoms with Crippen molar-refractivity contribution in [2.24, 2.45) is 0 Å². The maximum absolute atomic E-state index is 8.62. The van der Waals surface area contributed by atoms with E-state index in [0.717, 1.165) is 12.3 Å². The normalized spacial score (nSPS) is 12.2. The van der Waals surface area contributed by atoms with Crippen LogP contribution in [0.25, 0.3) is 0 Å². The maximum Gasteiger partial charge on any atom is 0.203 e. The molecule has 0 radical (unpaired) electrons. The maximum atomic E-state index is 8.62. The lowest BCUT2D eigenvalue weighted by Crippen LogP contribution is -2.29. The van der Waals surface area contributed by atoms with Crippen LogP contribution in [-0.4, -0.2) is 15.8 Å². The second kappa shape index (κ2) is 5.32. The minimum atomic E-state index is 0.283. The molecule has 0 aliphatic rings. The molecule has 5 nitrogen and oxygen atoms in total. The molecule has 0 aromatic carbocycles. The lowest BCUT2D eigenvalue weighted by Gasteiger charge is -2.12. The molecular formula is C12H14N4O. The SMILES string of the molecule is CC(Cn1cccn1)NCc1ccc(C#N)o1. The molecule has 0 aliphatic carbocycles. The molecule has 2 rings (SSSR count). The molecule has 0 aliphatic heterocycles. The molecule has 0 amide bonds. The summed E-state index contributed by atoms with van der Waals surface area (Å²) in [6, 6.07) is 7.63. The van der Waals surface area contributed by atoms with E-state index in [1.807, 2.05) is 29.1 Å². The number of nitrogens with one attached hydrogen (secondary N) is 1. The average Bonchev–Trinajstić information content (AvgIpc) is 2.96. The van der Waals surface area contributed by atoms with Crippen molar-refractivity contribution in [2.75, 3.05) is 0 Å². The first-order valence-corrected chi connectivity index (χ1v) is 5.47. The summed E-state index contributed by atoms with van der Waals surface area (Å²) in [6.07, 6.45) is 3.69. The van der Waals surface area contributed by atoms with Gasteiger partial charge in [-0.05, 0) is 25.1 Å². The molecular weight excluding hydrogens is 216 g/mol. The highest BCUT2D eigenvalue weighted by atomic mass is 16.3. The summed E-state index contributed by atoms with van der Waals surface area (Å²) in [5.74, 6) is 1.12. The van der Waals surface area contributed by atoms with Crippen LogP contribution in [0.15, 0.2) is 35.0 Å². The Morgan fingerprint density at radius 3 is 3.12 bits per heavy atom. The summed E-state index contributed by atoms with van der Waals surface area (Å²) in [5, 5.41) is 16.1. The van der Waals surface area contributed by atoms with E-state index in [4.69, 9.17) is 9.68 Å². The van der Waals surface area contributed by atoms with Crippen molar-refractivity contribution in [3.05, 3.63) is 42.1 Å². The molecule has 0 bridgehead atoms. The van der Waals surface area contributed by atoms with E-state index in [-0.39, 0.29) is 6.04 Å². The van der Waals surface area contributed by atoms with Crippen LogP contribution in [0.2, 0.25) is 0 Å². The van der Waals surface area contributed by atoms with Crippen molar-refractivity contribution >= 4 is 0 Å². The highest BCUT2D eigenvalue weighted by Gasteiger charge is 2.05. The monoisotopic (exact) mass is 230 g/mol.